The van der Waals surface area contributed by atoms with E-state index >= 15 is 0 Å². The molecule has 0 saturated heterocycles. The molecule has 2 rings (SSSR count). The van der Waals surface area contributed by atoms with Gasteiger partial charge in [0.05, 0.1) is 11.1 Å². The molecule has 0 aliphatic carbocycles. The summed E-state index contributed by atoms with van der Waals surface area (Å²) in [5, 5.41) is 0. The van der Waals surface area contributed by atoms with Crippen LogP contribution in [0.5, 0.6) is 0 Å². The third-order valence-electron chi connectivity index (χ3n) is 2.72. The molecule has 0 radical (unpaired) electrons. The number of imidazole rings is 1. The van der Waals surface area contributed by atoms with Gasteiger partial charge in [0.1, 0.15) is 16.7 Å². The van der Waals surface area contributed by atoms with E-state index in [4.69, 9.17) is 9.47 Å². The van der Waals surface area contributed by atoms with E-state index in [2.05, 4.69) is 9.97 Å². The number of esters is 2. The quantitative estimate of drug-likeness (QED) is 0.857. The second-order valence-electron chi connectivity index (χ2n) is 7.29. The number of H-pyrrole nitrogens is 1. The zero-order valence-electron chi connectivity index (χ0n) is 14.3. The van der Waals surface area contributed by atoms with Gasteiger partial charge in [-0.2, -0.15) is 0 Å². The summed E-state index contributed by atoms with van der Waals surface area (Å²) in [5.74, 6) is -0.986. The molecule has 124 valence electrons. The topological polar surface area (TPSA) is 81.3 Å². The van der Waals surface area contributed by atoms with Gasteiger partial charge in [0.15, 0.2) is 0 Å². The highest BCUT2D eigenvalue weighted by molar-refractivity contribution is 6.03. The van der Waals surface area contributed by atoms with Crippen LogP contribution in [0, 0.1) is 0 Å². The maximum Gasteiger partial charge on any atom is 0.374 e. The molecule has 6 nitrogen and oxygen atoms in total. The Morgan fingerprint density at radius 3 is 2.09 bits per heavy atom. The minimum Gasteiger partial charge on any atom is -0.456 e. The average molecular weight is 318 g/mol. The Morgan fingerprint density at radius 1 is 0.957 bits per heavy atom. The molecule has 1 aromatic carbocycles. The predicted molar refractivity (Wildman–Crippen MR) is 86.4 cm³/mol. The molecule has 23 heavy (non-hydrogen) atoms. The van der Waals surface area contributed by atoms with Crippen LogP contribution in [0.15, 0.2) is 18.2 Å². The zero-order valence-corrected chi connectivity index (χ0v) is 14.3. The molecule has 0 amide bonds. The van der Waals surface area contributed by atoms with Gasteiger partial charge in [0.25, 0.3) is 0 Å². The number of ether oxygens (including phenoxy) is 2. The number of aromatic nitrogens is 2. The van der Waals surface area contributed by atoms with Crippen molar-refractivity contribution in [2.45, 2.75) is 52.7 Å². The molecular formula is C17H22N2O4. The van der Waals surface area contributed by atoms with Gasteiger partial charge in [-0.3, -0.25) is 0 Å². The Hall–Kier alpha value is -2.37. The van der Waals surface area contributed by atoms with E-state index in [0.717, 1.165) is 0 Å². The van der Waals surface area contributed by atoms with Crippen LogP contribution in [-0.4, -0.2) is 33.1 Å². The summed E-state index contributed by atoms with van der Waals surface area (Å²) in [7, 11) is 0. The van der Waals surface area contributed by atoms with Crippen molar-refractivity contribution in [2.24, 2.45) is 0 Å². The lowest BCUT2D eigenvalue weighted by molar-refractivity contribution is 0.00478. The van der Waals surface area contributed by atoms with Crippen LogP contribution in [-0.2, 0) is 9.47 Å². The number of hydrogen-bond donors (Lipinski definition) is 1. The molecule has 1 heterocycles. The molecule has 0 atom stereocenters. The number of nitrogens with zero attached hydrogens (tertiary/aromatic N) is 1. The van der Waals surface area contributed by atoms with E-state index in [9.17, 15) is 9.59 Å². The molecule has 0 aliphatic heterocycles. The van der Waals surface area contributed by atoms with Crippen molar-refractivity contribution in [3.05, 3.63) is 29.6 Å². The minimum atomic E-state index is -0.621. The van der Waals surface area contributed by atoms with E-state index in [1.54, 1.807) is 59.7 Å². The SMILES string of the molecule is CC(C)(C)OC(=O)c1nc2c(C(=O)OC(C)(C)C)cccc2[nH]1. The van der Waals surface area contributed by atoms with E-state index in [0.29, 0.717) is 16.6 Å². The van der Waals surface area contributed by atoms with Gasteiger partial charge in [0, 0.05) is 0 Å². The van der Waals surface area contributed by atoms with Gasteiger partial charge in [-0.25, -0.2) is 14.6 Å². The van der Waals surface area contributed by atoms with Crippen LogP contribution in [0.3, 0.4) is 0 Å². The fraction of sp³-hybridized carbons (Fsp3) is 0.471. The van der Waals surface area contributed by atoms with Crippen molar-refractivity contribution in [2.75, 3.05) is 0 Å². The smallest absolute Gasteiger partial charge is 0.374 e. The number of rotatable bonds is 2. The highest BCUT2D eigenvalue weighted by Gasteiger charge is 2.24. The summed E-state index contributed by atoms with van der Waals surface area (Å²) in [6.07, 6.45) is 0. The monoisotopic (exact) mass is 318 g/mol. The molecule has 6 heteroatoms. The first-order chi connectivity index (χ1) is 10.5. The van der Waals surface area contributed by atoms with Crippen LogP contribution in [0.1, 0.15) is 62.5 Å². The van der Waals surface area contributed by atoms with Gasteiger partial charge in [-0.1, -0.05) is 6.07 Å². The number of fused-ring (bicyclic) bond motifs is 1. The Labute approximate surface area is 135 Å². The Bertz CT molecular complexity index is 748. The second kappa shape index (κ2) is 5.68. The molecule has 0 aliphatic rings. The van der Waals surface area contributed by atoms with Crippen LogP contribution in [0.2, 0.25) is 0 Å². The number of carbonyl (C=O) groups excluding carboxylic acids is 2. The van der Waals surface area contributed by atoms with Crippen molar-refractivity contribution in [3.8, 4) is 0 Å². The van der Waals surface area contributed by atoms with Crippen LogP contribution in [0.25, 0.3) is 11.0 Å². The summed E-state index contributed by atoms with van der Waals surface area (Å²) in [6, 6.07) is 5.07. The molecular weight excluding hydrogens is 296 g/mol. The van der Waals surface area contributed by atoms with Gasteiger partial charge < -0.3 is 14.5 Å². The van der Waals surface area contributed by atoms with E-state index < -0.39 is 23.1 Å². The highest BCUT2D eigenvalue weighted by atomic mass is 16.6. The maximum absolute atomic E-state index is 12.3. The number of nitrogens with one attached hydrogen (secondary N) is 1. The Balaban J connectivity index is 2.39. The lowest BCUT2D eigenvalue weighted by Gasteiger charge is -2.19. The fourth-order valence-corrected chi connectivity index (χ4v) is 1.95. The molecule has 0 fully saturated rings. The van der Waals surface area contributed by atoms with Gasteiger partial charge in [0.2, 0.25) is 5.82 Å². The molecule has 0 saturated carbocycles. The fourth-order valence-electron chi connectivity index (χ4n) is 1.95. The standard InChI is InChI=1S/C17H22N2O4/c1-16(2,3)22-14(20)10-8-7-9-11-12(10)19-13(18-11)15(21)23-17(4,5)6/h7-9H,1-6H3,(H,18,19). The minimum absolute atomic E-state index is 0.0610. The lowest BCUT2D eigenvalue weighted by Crippen LogP contribution is -2.24. The Morgan fingerprint density at radius 2 is 1.52 bits per heavy atom. The molecule has 2 aromatic rings. The van der Waals surface area contributed by atoms with E-state index in [1.807, 2.05) is 0 Å². The van der Waals surface area contributed by atoms with Crippen molar-refractivity contribution in [3.63, 3.8) is 0 Å². The van der Waals surface area contributed by atoms with Crippen LogP contribution >= 0.6 is 0 Å². The number of hydrogen-bond acceptors (Lipinski definition) is 5. The first-order valence-electron chi connectivity index (χ1n) is 7.42. The van der Waals surface area contributed by atoms with Crippen molar-refractivity contribution >= 4 is 23.0 Å². The van der Waals surface area contributed by atoms with Crippen molar-refractivity contribution < 1.29 is 19.1 Å². The first kappa shape index (κ1) is 17.0. The summed E-state index contributed by atoms with van der Waals surface area (Å²) in [6.45, 7) is 10.7. The summed E-state index contributed by atoms with van der Waals surface area (Å²) in [5.41, 5.74) is 0.0495. The number of benzene rings is 1. The third-order valence-corrected chi connectivity index (χ3v) is 2.72. The summed E-state index contributed by atoms with van der Waals surface area (Å²) < 4.78 is 10.7. The van der Waals surface area contributed by atoms with Gasteiger partial charge >= 0.3 is 11.9 Å². The van der Waals surface area contributed by atoms with Crippen molar-refractivity contribution in [1.29, 1.82) is 0 Å². The highest BCUT2D eigenvalue weighted by Crippen LogP contribution is 2.21. The van der Waals surface area contributed by atoms with Crippen LogP contribution < -0.4 is 0 Å². The normalized spacial score (nSPS) is 12.3. The summed E-state index contributed by atoms with van der Waals surface area (Å²) >= 11 is 0. The van der Waals surface area contributed by atoms with Crippen LogP contribution in [0.4, 0.5) is 0 Å². The van der Waals surface area contributed by atoms with Crippen molar-refractivity contribution in [1.82, 2.24) is 9.97 Å². The molecule has 1 N–H and O–H groups in total. The first-order valence-corrected chi connectivity index (χ1v) is 7.42. The number of aromatic amines is 1. The third kappa shape index (κ3) is 4.31. The molecule has 0 spiro atoms. The van der Waals surface area contributed by atoms with E-state index in [1.165, 1.54) is 0 Å². The average Bonchev–Trinajstić information content (AvgIpc) is 2.77. The molecule has 0 bridgehead atoms. The maximum atomic E-state index is 12.3. The number of carbonyl (C=O) groups is 2. The summed E-state index contributed by atoms with van der Waals surface area (Å²) in [4.78, 5) is 31.5. The molecule has 1 aromatic heterocycles. The lowest BCUT2D eigenvalue weighted by atomic mass is 10.1. The van der Waals surface area contributed by atoms with Gasteiger partial charge in [-0.05, 0) is 53.7 Å². The number of para-hydroxylation sites is 1. The largest absolute Gasteiger partial charge is 0.456 e. The second-order valence-corrected chi connectivity index (χ2v) is 7.29. The zero-order chi connectivity index (χ0) is 17.4. The predicted octanol–water partition coefficient (Wildman–Crippen LogP) is 3.47. The van der Waals surface area contributed by atoms with Gasteiger partial charge in [-0.15, -0.1) is 0 Å². The van der Waals surface area contributed by atoms with E-state index in [-0.39, 0.29) is 5.82 Å². The molecule has 0 unspecified atom stereocenters. The Kier molecular flexibility index (Phi) is 4.20.